The van der Waals surface area contributed by atoms with E-state index in [-0.39, 0.29) is 19.1 Å². The van der Waals surface area contributed by atoms with Gasteiger partial charge in [0, 0.05) is 6.54 Å². The molecule has 0 atom stereocenters. The summed E-state index contributed by atoms with van der Waals surface area (Å²) in [5.74, 6) is 1.11. The van der Waals surface area contributed by atoms with Crippen LogP contribution in [0.3, 0.4) is 0 Å². The molecule has 1 amide bonds. The van der Waals surface area contributed by atoms with Gasteiger partial charge in [0.2, 0.25) is 5.91 Å². The van der Waals surface area contributed by atoms with E-state index in [9.17, 15) is 4.79 Å². The molecule has 0 spiro atoms. The van der Waals surface area contributed by atoms with Crippen LogP contribution in [0.5, 0.6) is 11.5 Å². The Hall–Kier alpha value is -1.79. The van der Waals surface area contributed by atoms with Crippen molar-refractivity contribution in [2.24, 2.45) is 0 Å². The van der Waals surface area contributed by atoms with E-state index in [2.05, 4.69) is 5.32 Å². The fraction of sp³-hybridized carbons (Fsp3) is 0.562. The molecule has 0 bridgehead atoms. The lowest BCUT2D eigenvalue weighted by molar-refractivity contribution is -0.125. The zero-order chi connectivity index (χ0) is 16.6. The maximum Gasteiger partial charge on any atom is 0.230 e. The third-order valence-electron chi connectivity index (χ3n) is 3.44. The maximum absolute atomic E-state index is 12.4. The summed E-state index contributed by atoms with van der Waals surface area (Å²) in [7, 11) is 3.13. The number of nitrogens with one attached hydrogen (secondary N) is 1. The fourth-order valence-corrected chi connectivity index (χ4v) is 1.98. The van der Waals surface area contributed by atoms with E-state index >= 15 is 0 Å². The molecule has 0 aromatic heterocycles. The van der Waals surface area contributed by atoms with Crippen LogP contribution in [-0.2, 0) is 14.9 Å². The van der Waals surface area contributed by atoms with Gasteiger partial charge in [-0.15, -0.1) is 0 Å². The summed E-state index contributed by atoms with van der Waals surface area (Å²) in [6.07, 6.45) is 0. The van der Waals surface area contributed by atoms with Crippen molar-refractivity contribution >= 4 is 5.91 Å². The minimum absolute atomic E-state index is 0.0227. The second kappa shape index (κ2) is 8.60. The molecule has 2 N–H and O–H groups in total. The summed E-state index contributed by atoms with van der Waals surface area (Å²) in [4.78, 5) is 12.4. The van der Waals surface area contributed by atoms with E-state index in [4.69, 9.17) is 19.3 Å². The molecule has 0 unspecified atom stereocenters. The van der Waals surface area contributed by atoms with Crippen molar-refractivity contribution in [1.29, 1.82) is 0 Å². The van der Waals surface area contributed by atoms with E-state index in [1.54, 1.807) is 26.4 Å². The van der Waals surface area contributed by atoms with Crippen LogP contribution in [0.4, 0.5) is 0 Å². The van der Waals surface area contributed by atoms with Crippen LogP contribution in [0.25, 0.3) is 0 Å². The molecule has 0 fully saturated rings. The molecule has 0 aliphatic carbocycles. The van der Waals surface area contributed by atoms with E-state index in [1.807, 2.05) is 19.9 Å². The number of carbonyl (C=O) groups is 1. The molecule has 6 nitrogen and oxygen atoms in total. The summed E-state index contributed by atoms with van der Waals surface area (Å²) in [5, 5.41) is 11.4. The Bertz CT molecular complexity index is 487. The van der Waals surface area contributed by atoms with Gasteiger partial charge in [0.25, 0.3) is 0 Å². The second-order valence-electron chi connectivity index (χ2n) is 5.29. The van der Waals surface area contributed by atoms with Gasteiger partial charge < -0.3 is 24.6 Å². The van der Waals surface area contributed by atoms with Crippen LogP contribution in [0, 0.1) is 0 Å². The smallest absolute Gasteiger partial charge is 0.230 e. The zero-order valence-electron chi connectivity index (χ0n) is 13.6. The fourth-order valence-electron chi connectivity index (χ4n) is 1.98. The van der Waals surface area contributed by atoms with Gasteiger partial charge >= 0.3 is 0 Å². The quantitative estimate of drug-likeness (QED) is 0.668. The topological polar surface area (TPSA) is 77.0 Å². The van der Waals surface area contributed by atoms with Crippen molar-refractivity contribution in [3.63, 3.8) is 0 Å². The Morgan fingerprint density at radius 1 is 1.18 bits per heavy atom. The van der Waals surface area contributed by atoms with Gasteiger partial charge in [-0.05, 0) is 31.5 Å². The van der Waals surface area contributed by atoms with Crippen molar-refractivity contribution in [1.82, 2.24) is 5.32 Å². The number of methoxy groups -OCH3 is 2. The Morgan fingerprint density at radius 2 is 1.86 bits per heavy atom. The van der Waals surface area contributed by atoms with Crippen LogP contribution in [0.2, 0.25) is 0 Å². The first kappa shape index (κ1) is 18.3. The number of carbonyl (C=O) groups excluding carboxylic acids is 1. The van der Waals surface area contributed by atoms with Crippen LogP contribution >= 0.6 is 0 Å². The van der Waals surface area contributed by atoms with E-state index in [0.717, 1.165) is 5.56 Å². The number of hydrogen-bond donors (Lipinski definition) is 2. The summed E-state index contributed by atoms with van der Waals surface area (Å²) in [5.41, 5.74) is 0.121. The predicted octanol–water partition coefficient (Wildman–Crippen LogP) is 1.11. The first-order chi connectivity index (χ1) is 10.5. The SMILES string of the molecule is COc1ccc(C(C)(C)C(=O)NCCOCCO)cc1OC. The molecule has 0 aliphatic heterocycles. The van der Waals surface area contributed by atoms with Crippen LogP contribution in [-0.4, -0.2) is 51.6 Å². The lowest BCUT2D eigenvalue weighted by Crippen LogP contribution is -2.41. The van der Waals surface area contributed by atoms with Gasteiger partial charge in [-0.1, -0.05) is 6.07 Å². The highest BCUT2D eigenvalue weighted by Crippen LogP contribution is 2.33. The normalized spacial score (nSPS) is 11.1. The lowest BCUT2D eigenvalue weighted by atomic mass is 9.83. The predicted molar refractivity (Wildman–Crippen MR) is 83.5 cm³/mol. The molecule has 6 heteroatoms. The highest BCUT2D eigenvalue weighted by Gasteiger charge is 2.30. The molecule has 124 valence electrons. The molecule has 0 heterocycles. The molecule has 0 aliphatic rings. The molecular weight excluding hydrogens is 286 g/mol. The minimum Gasteiger partial charge on any atom is -0.493 e. The number of aliphatic hydroxyl groups excluding tert-OH is 1. The third kappa shape index (κ3) is 4.61. The second-order valence-corrected chi connectivity index (χ2v) is 5.29. The summed E-state index contributed by atoms with van der Waals surface area (Å²) in [6, 6.07) is 5.44. The van der Waals surface area contributed by atoms with Crippen molar-refractivity contribution in [3.8, 4) is 11.5 Å². The van der Waals surface area contributed by atoms with Crippen LogP contribution in [0.15, 0.2) is 18.2 Å². The van der Waals surface area contributed by atoms with E-state index < -0.39 is 5.41 Å². The Labute approximate surface area is 131 Å². The standard InChI is InChI=1S/C16H25NO5/c1-16(2,15(19)17-7-9-22-10-8-18)12-5-6-13(20-3)14(11-12)21-4/h5-6,11,18H,7-10H2,1-4H3,(H,17,19). The third-order valence-corrected chi connectivity index (χ3v) is 3.44. The number of aliphatic hydroxyl groups is 1. The number of rotatable bonds is 9. The van der Waals surface area contributed by atoms with Crippen LogP contribution in [0.1, 0.15) is 19.4 Å². The molecule has 0 radical (unpaired) electrons. The molecule has 22 heavy (non-hydrogen) atoms. The number of hydrogen-bond acceptors (Lipinski definition) is 5. The first-order valence-corrected chi connectivity index (χ1v) is 7.16. The Morgan fingerprint density at radius 3 is 2.45 bits per heavy atom. The number of benzene rings is 1. The monoisotopic (exact) mass is 311 g/mol. The summed E-state index contributed by atoms with van der Waals surface area (Å²) in [6.45, 7) is 4.71. The van der Waals surface area contributed by atoms with Crippen molar-refractivity contribution in [2.75, 3.05) is 40.6 Å². The highest BCUT2D eigenvalue weighted by atomic mass is 16.5. The molecule has 1 aromatic carbocycles. The van der Waals surface area contributed by atoms with Crippen molar-refractivity contribution < 1.29 is 24.1 Å². The molecule has 0 saturated carbocycles. The van der Waals surface area contributed by atoms with Gasteiger partial charge in [0.1, 0.15) is 0 Å². The zero-order valence-corrected chi connectivity index (χ0v) is 13.6. The lowest BCUT2D eigenvalue weighted by Gasteiger charge is -2.25. The molecule has 1 aromatic rings. The largest absolute Gasteiger partial charge is 0.493 e. The Kier molecular flexibility index (Phi) is 7.14. The molecular formula is C16H25NO5. The molecule has 1 rings (SSSR count). The van der Waals surface area contributed by atoms with Gasteiger partial charge in [-0.2, -0.15) is 0 Å². The van der Waals surface area contributed by atoms with Gasteiger partial charge in [-0.3, -0.25) is 4.79 Å². The van der Waals surface area contributed by atoms with Gasteiger partial charge in [-0.25, -0.2) is 0 Å². The minimum atomic E-state index is -0.712. The average molecular weight is 311 g/mol. The Balaban J connectivity index is 2.73. The summed E-state index contributed by atoms with van der Waals surface area (Å²) >= 11 is 0. The van der Waals surface area contributed by atoms with Gasteiger partial charge in [0.05, 0.1) is 39.5 Å². The highest BCUT2D eigenvalue weighted by molar-refractivity contribution is 5.87. The summed E-state index contributed by atoms with van der Waals surface area (Å²) < 4.78 is 15.6. The van der Waals surface area contributed by atoms with Gasteiger partial charge in [0.15, 0.2) is 11.5 Å². The number of amides is 1. The van der Waals surface area contributed by atoms with Crippen molar-refractivity contribution in [2.45, 2.75) is 19.3 Å². The van der Waals surface area contributed by atoms with Crippen molar-refractivity contribution in [3.05, 3.63) is 23.8 Å². The first-order valence-electron chi connectivity index (χ1n) is 7.16. The number of ether oxygens (including phenoxy) is 3. The van der Waals surface area contributed by atoms with E-state index in [1.165, 1.54) is 0 Å². The maximum atomic E-state index is 12.4. The molecule has 0 saturated heterocycles. The van der Waals surface area contributed by atoms with Crippen LogP contribution < -0.4 is 14.8 Å². The average Bonchev–Trinajstić information content (AvgIpc) is 2.53. The van der Waals surface area contributed by atoms with E-state index in [0.29, 0.717) is 24.7 Å².